The van der Waals surface area contributed by atoms with Crippen LogP contribution in [0.1, 0.15) is 28.8 Å². The molecule has 6 heteroatoms. The van der Waals surface area contributed by atoms with Gasteiger partial charge in [0.05, 0.1) is 6.20 Å². The number of rotatable bonds is 5. The second-order valence-electron chi connectivity index (χ2n) is 4.82. The van der Waals surface area contributed by atoms with Crippen LogP contribution in [0.5, 0.6) is 0 Å². The lowest BCUT2D eigenvalue weighted by Crippen LogP contribution is -2.28. The highest BCUT2D eigenvalue weighted by molar-refractivity contribution is 7.07. The number of carbonyl (C=O) groups is 1. The van der Waals surface area contributed by atoms with Gasteiger partial charge in [0.1, 0.15) is 17.2 Å². The van der Waals surface area contributed by atoms with Gasteiger partial charge in [-0.3, -0.25) is 0 Å². The number of carboxylic acid groups (broad SMARTS) is 1. The van der Waals surface area contributed by atoms with E-state index in [9.17, 15) is 14.3 Å². The van der Waals surface area contributed by atoms with Crippen molar-refractivity contribution in [3.8, 4) is 0 Å². The van der Waals surface area contributed by atoms with E-state index in [-0.39, 0.29) is 5.56 Å². The van der Waals surface area contributed by atoms with Crippen molar-refractivity contribution in [3.63, 3.8) is 0 Å². The predicted octanol–water partition coefficient (Wildman–Crippen LogP) is 3.15. The number of hydrogen-bond acceptors (Lipinski definition) is 4. The van der Waals surface area contributed by atoms with E-state index in [1.165, 1.54) is 0 Å². The van der Waals surface area contributed by atoms with Crippen LogP contribution in [0.2, 0.25) is 0 Å². The lowest BCUT2D eigenvalue weighted by Gasteiger charge is -2.24. The first-order valence-electron chi connectivity index (χ1n) is 6.31. The average molecular weight is 292 g/mol. The molecule has 0 unspecified atom stereocenters. The van der Waals surface area contributed by atoms with Gasteiger partial charge in [0, 0.05) is 12.6 Å². The van der Waals surface area contributed by atoms with E-state index < -0.39 is 11.8 Å². The summed E-state index contributed by atoms with van der Waals surface area (Å²) in [7, 11) is 0. The van der Waals surface area contributed by atoms with Gasteiger partial charge in [0.15, 0.2) is 0 Å². The molecule has 104 valence electrons. The smallest absolute Gasteiger partial charge is 0.339 e. The van der Waals surface area contributed by atoms with E-state index in [1.807, 2.05) is 21.7 Å². The summed E-state index contributed by atoms with van der Waals surface area (Å²) in [6, 6.07) is 3.34. The highest BCUT2D eigenvalue weighted by atomic mass is 32.1. The van der Waals surface area contributed by atoms with Gasteiger partial charge in [-0.05, 0) is 41.3 Å². The van der Waals surface area contributed by atoms with Crippen LogP contribution in [-0.2, 0) is 6.54 Å². The standard InChI is InChI=1S/C14H13FN2O2S/c15-10-5-12(14(18)19)13(16-6-10)17(11-1-2-11)7-9-3-4-20-8-9/h3-6,8,11H,1-2,7H2,(H,18,19). The maximum absolute atomic E-state index is 13.2. The number of hydrogen-bond donors (Lipinski definition) is 1. The molecule has 1 aliphatic rings. The molecular weight excluding hydrogens is 279 g/mol. The Labute approximate surface area is 119 Å². The van der Waals surface area contributed by atoms with Gasteiger partial charge < -0.3 is 10.0 Å². The Balaban J connectivity index is 1.97. The highest BCUT2D eigenvalue weighted by Gasteiger charge is 2.32. The molecule has 0 spiro atoms. The first kappa shape index (κ1) is 13.1. The van der Waals surface area contributed by atoms with Crippen LogP contribution in [0.4, 0.5) is 10.2 Å². The van der Waals surface area contributed by atoms with Crippen LogP contribution in [0.3, 0.4) is 0 Å². The average Bonchev–Trinajstić information content (AvgIpc) is 3.13. The number of pyridine rings is 1. The summed E-state index contributed by atoms with van der Waals surface area (Å²) in [5.74, 6) is -1.42. The summed E-state index contributed by atoms with van der Waals surface area (Å²) in [4.78, 5) is 17.3. The summed E-state index contributed by atoms with van der Waals surface area (Å²) in [6.07, 6.45) is 3.11. The Kier molecular flexibility index (Phi) is 3.40. The maximum atomic E-state index is 13.2. The molecule has 1 saturated carbocycles. The Hall–Kier alpha value is -1.95. The van der Waals surface area contributed by atoms with Gasteiger partial charge in [-0.25, -0.2) is 14.2 Å². The number of nitrogens with zero attached hydrogens (tertiary/aromatic N) is 2. The van der Waals surface area contributed by atoms with E-state index in [0.717, 1.165) is 30.7 Å². The number of carboxylic acids is 1. The van der Waals surface area contributed by atoms with Gasteiger partial charge in [-0.1, -0.05) is 0 Å². The molecule has 20 heavy (non-hydrogen) atoms. The van der Waals surface area contributed by atoms with Gasteiger partial charge in [0.2, 0.25) is 0 Å². The van der Waals surface area contributed by atoms with Gasteiger partial charge in [-0.2, -0.15) is 11.3 Å². The molecule has 0 radical (unpaired) electrons. The first-order valence-corrected chi connectivity index (χ1v) is 7.26. The molecule has 2 aromatic heterocycles. The van der Waals surface area contributed by atoms with Crippen molar-refractivity contribution in [2.24, 2.45) is 0 Å². The number of halogens is 1. The number of aromatic carboxylic acids is 1. The molecular formula is C14H13FN2O2S. The van der Waals surface area contributed by atoms with Crippen molar-refractivity contribution in [2.75, 3.05) is 4.90 Å². The molecule has 0 aromatic carbocycles. The fourth-order valence-corrected chi connectivity index (χ4v) is 2.82. The fraction of sp³-hybridized carbons (Fsp3) is 0.286. The van der Waals surface area contributed by atoms with E-state index in [4.69, 9.17) is 0 Å². The Morgan fingerprint density at radius 3 is 2.95 bits per heavy atom. The molecule has 3 rings (SSSR count). The monoisotopic (exact) mass is 292 g/mol. The SMILES string of the molecule is O=C(O)c1cc(F)cnc1N(Cc1ccsc1)C1CC1. The summed E-state index contributed by atoms with van der Waals surface area (Å²) >= 11 is 1.60. The molecule has 1 N–H and O–H groups in total. The molecule has 2 heterocycles. The van der Waals surface area contributed by atoms with Crippen LogP contribution in [0, 0.1) is 5.82 Å². The van der Waals surface area contributed by atoms with Crippen molar-refractivity contribution in [1.82, 2.24) is 4.98 Å². The van der Waals surface area contributed by atoms with Crippen molar-refractivity contribution >= 4 is 23.1 Å². The third kappa shape index (κ3) is 2.65. The molecule has 2 aromatic rings. The predicted molar refractivity (Wildman–Crippen MR) is 74.7 cm³/mol. The minimum atomic E-state index is -1.15. The highest BCUT2D eigenvalue weighted by Crippen LogP contribution is 2.34. The molecule has 0 saturated heterocycles. The molecule has 1 aliphatic carbocycles. The largest absolute Gasteiger partial charge is 0.478 e. The summed E-state index contributed by atoms with van der Waals surface area (Å²) in [5.41, 5.74) is 1.04. The maximum Gasteiger partial charge on any atom is 0.339 e. The van der Waals surface area contributed by atoms with Crippen LogP contribution in [0.15, 0.2) is 29.1 Å². The van der Waals surface area contributed by atoms with E-state index in [2.05, 4.69) is 4.98 Å². The van der Waals surface area contributed by atoms with E-state index in [0.29, 0.717) is 18.4 Å². The Morgan fingerprint density at radius 2 is 2.35 bits per heavy atom. The van der Waals surface area contributed by atoms with Crippen LogP contribution in [0.25, 0.3) is 0 Å². The van der Waals surface area contributed by atoms with Gasteiger partial charge in [0.25, 0.3) is 0 Å². The lowest BCUT2D eigenvalue weighted by molar-refractivity contribution is 0.0696. The number of aromatic nitrogens is 1. The van der Waals surface area contributed by atoms with Crippen molar-refractivity contribution in [2.45, 2.75) is 25.4 Å². The zero-order valence-corrected chi connectivity index (χ0v) is 11.4. The zero-order chi connectivity index (χ0) is 14.1. The van der Waals surface area contributed by atoms with Crippen molar-refractivity contribution in [1.29, 1.82) is 0 Å². The second-order valence-corrected chi connectivity index (χ2v) is 5.60. The van der Waals surface area contributed by atoms with Gasteiger partial charge in [-0.15, -0.1) is 0 Å². The molecule has 4 nitrogen and oxygen atoms in total. The minimum Gasteiger partial charge on any atom is -0.478 e. The third-order valence-corrected chi connectivity index (χ3v) is 3.99. The molecule has 0 atom stereocenters. The normalized spacial score (nSPS) is 14.2. The topological polar surface area (TPSA) is 53.4 Å². The Bertz CT molecular complexity index is 626. The zero-order valence-electron chi connectivity index (χ0n) is 10.6. The molecule has 0 aliphatic heterocycles. The number of thiophene rings is 1. The third-order valence-electron chi connectivity index (χ3n) is 3.26. The number of anilines is 1. The van der Waals surface area contributed by atoms with Crippen LogP contribution >= 0.6 is 11.3 Å². The van der Waals surface area contributed by atoms with Crippen molar-refractivity contribution in [3.05, 3.63) is 46.0 Å². The molecule has 1 fully saturated rings. The summed E-state index contributed by atoms with van der Waals surface area (Å²) in [6.45, 7) is 0.604. The van der Waals surface area contributed by atoms with E-state index in [1.54, 1.807) is 11.3 Å². The molecule has 0 amide bonds. The summed E-state index contributed by atoms with van der Waals surface area (Å²) < 4.78 is 13.2. The first-order chi connectivity index (χ1) is 9.65. The second kappa shape index (κ2) is 5.20. The Morgan fingerprint density at radius 1 is 1.55 bits per heavy atom. The quantitative estimate of drug-likeness (QED) is 0.919. The van der Waals surface area contributed by atoms with Crippen molar-refractivity contribution < 1.29 is 14.3 Å². The summed E-state index contributed by atoms with van der Waals surface area (Å²) in [5, 5.41) is 13.2. The fourth-order valence-electron chi connectivity index (χ4n) is 2.16. The van der Waals surface area contributed by atoms with Crippen LogP contribution < -0.4 is 4.90 Å². The molecule has 0 bridgehead atoms. The van der Waals surface area contributed by atoms with Crippen LogP contribution in [-0.4, -0.2) is 22.1 Å². The van der Waals surface area contributed by atoms with Gasteiger partial charge >= 0.3 is 5.97 Å². The minimum absolute atomic E-state index is 0.0767. The van der Waals surface area contributed by atoms with E-state index >= 15 is 0 Å². The lowest BCUT2D eigenvalue weighted by atomic mass is 10.2.